The van der Waals surface area contributed by atoms with E-state index in [4.69, 9.17) is 9.47 Å². The highest BCUT2D eigenvalue weighted by Crippen LogP contribution is 2.30. The largest absolute Gasteiger partial charge is 0.489 e. The van der Waals surface area contributed by atoms with E-state index in [2.05, 4.69) is 0 Å². The maximum Gasteiger partial charge on any atom is 0.335 e. The highest BCUT2D eigenvalue weighted by atomic mass is 19.1. The van der Waals surface area contributed by atoms with Gasteiger partial charge >= 0.3 is 5.69 Å². The van der Waals surface area contributed by atoms with Gasteiger partial charge in [0.2, 0.25) is 11.7 Å². The smallest absolute Gasteiger partial charge is 0.335 e. The van der Waals surface area contributed by atoms with Crippen LogP contribution in [0, 0.1) is 11.2 Å². The first-order valence-corrected chi connectivity index (χ1v) is 6.98. The van der Waals surface area contributed by atoms with Crippen LogP contribution in [0.1, 0.15) is 20.8 Å². The maximum atomic E-state index is 13.5. The minimum Gasteiger partial charge on any atom is -0.489 e. The van der Waals surface area contributed by atoms with Gasteiger partial charge in [0.1, 0.15) is 0 Å². The molecule has 0 fully saturated rings. The van der Waals surface area contributed by atoms with Crippen molar-refractivity contribution in [2.24, 2.45) is 5.41 Å². The van der Waals surface area contributed by atoms with Gasteiger partial charge in [-0.2, -0.15) is 4.39 Å². The molecule has 8 nitrogen and oxygen atoms in total. The highest BCUT2D eigenvalue weighted by Gasteiger charge is 2.39. The van der Waals surface area contributed by atoms with Crippen LogP contribution in [0.4, 0.5) is 4.39 Å². The molecule has 1 aliphatic rings. The summed E-state index contributed by atoms with van der Waals surface area (Å²) in [5, 5.41) is 19.4. The summed E-state index contributed by atoms with van der Waals surface area (Å²) in [5.41, 5.74) is -2.37. The van der Waals surface area contributed by atoms with Gasteiger partial charge in [-0.05, 0) is 5.41 Å². The van der Waals surface area contributed by atoms with Crippen molar-refractivity contribution in [3.8, 4) is 0 Å². The van der Waals surface area contributed by atoms with E-state index >= 15 is 0 Å². The monoisotopic (exact) mass is 330 g/mol. The Bertz CT molecular complexity index is 730. The summed E-state index contributed by atoms with van der Waals surface area (Å²) in [7, 11) is 0. The number of halogens is 1. The average Bonchev–Trinajstić information content (AvgIpc) is 2.76. The van der Waals surface area contributed by atoms with Crippen molar-refractivity contribution in [1.82, 2.24) is 9.55 Å². The van der Waals surface area contributed by atoms with E-state index in [9.17, 15) is 24.2 Å². The van der Waals surface area contributed by atoms with E-state index in [0.717, 1.165) is 0 Å². The summed E-state index contributed by atoms with van der Waals surface area (Å²) >= 11 is 0. The van der Waals surface area contributed by atoms with Crippen molar-refractivity contribution in [3.05, 3.63) is 38.6 Å². The lowest BCUT2D eigenvalue weighted by atomic mass is 9.98. The second-order valence-electron chi connectivity index (χ2n) is 6.41. The molecule has 2 rings (SSSR count). The molecule has 0 aliphatic carbocycles. The van der Waals surface area contributed by atoms with Crippen molar-refractivity contribution in [2.75, 3.05) is 13.2 Å². The molecule has 0 radical (unpaired) electrons. The Hall–Kier alpha value is -2.13. The van der Waals surface area contributed by atoms with Crippen LogP contribution in [0.15, 0.2) is 21.5 Å². The lowest BCUT2D eigenvalue weighted by Gasteiger charge is -2.21. The number of rotatable bonds is 4. The molecule has 1 aromatic heterocycles. The number of nitrogens with zero attached hydrogens (tertiary/aromatic N) is 1. The van der Waals surface area contributed by atoms with Gasteiger partial charge in [0.25, 0.3) is 5.56 Å². The Morgan fingerprint density at radius 2 is 2.09 bits per heavy atom. The first-order valence-electron chi connectivity index (χ1n) is 6.98. The number of ether oxygens (including phenoxy) is 2. The van der Waals surface area contributed by atoms with Gasteiger partial charge in [-0.15, -0.1) is 0 Å². The quantitative estimate of drug-likeness (QED) is 0.693. The van der Waals surface area contributed by atoms with Crippen molar-refractivity contribution >= 4 is 5.88 Å². The van der Waals surface area contributed by atoms with Crippen LogP contribution in [0.3, 0.4) is 0 Å². The van der Waals surface area contributed by atoms with Gasteiger partial charge in [0.05, 0.1) is 19.4 Å². The Morgan fingerprint density at radius 3 is 2.65 bits per heavy atom. The number of aromatic amines is 1. The molecule has 0 saturated carbocycles. The molecule has 2 heterocycles. The molecule has 3 N–H and O–H groups in total. The standard InChI is InChI=1S/C14H19FN2O6/c1-14(2,3)6-22-10-9(19)8(5-18)23-12(10)17-4-7(15)11(20)16-13(17)21/h4,8-9,18-19H,5-6H2,1-3H3,(H,16,20,21). The molecule has 2 unspecified atom stereocenters. The normalized spacial score (nSPS) is 21.5. The molecule has 0 bridgehead atoms. The zero-order valence-electron chi connectivity index (χ0n) is 13.0. The van der Waals surface area contributed by atoms with Crippen LogP contribution >= 0.6 is 0 Å². The molecule has 0 amide bonds. The molecular formula is C14H19FN2O6. The zero-order valence-corrected chi connectivity index (χ0v) is 13.0. The van der Waals surface area contributed by atoms with Crippen LogP contribution in [0.2, 0.25) is 0 Å². The van der Waals surface area contributed by atoms with E-state index in [-0.39, 0.29) is 23.7 Å². The third-order valence-electron chi connectivity index (χ3n) is 3.05. The number of aromatic nitrogens is 2. The van der Waals surface area contributed by atoms with Crippen molar-refractivity contribution in [2.45, 2.75) is 33.0 Å². The van der Waals surface area contributed by atoms with Crippen LogP contribution < -0.4 is 11.2 Å². The average molecular weight is 330 g/mol. The summed E-state index contributed by atoms with van der Waals surface area (Å²) < 4.78 is 25.0. The van der Waals surface area contributed by atoms with Crippen molar-refractivity contribution in [3.63, 3.8) is 0 Å². The van der Waals surface area contributed by atoms with Gasteiger partial charge in [-0.25, -0.2) is 9.36 Å². The molecule has 1 aliphatic heterocycles. The molecule has 1 aromatic rings. The minimum atomic E-state index is -1.32. The van der Waals surface area contributed by atoms with Crippen molar-refractivity contribution in [1.29, 1.82) is 0 Å². The lowest BCUT2D eigenvalue weighted by Crippen LogP contribution is -2.31. The fraction of sp³-hybridized carbons (Fsp3) is 0.571. The van der Waals surface area contributed by atoms with Gasteiger partial charge in [0, 0.05) is 0 Å². The molecular weight excluding hydrogens is 311 g/mol. The predicted molar refractivity (Wildman–Crippen MR) is 77.9 cm³/mol. The number of H-pyrrole nitrogens is 1. The Labute approximate surface area is 130 Å². The van der Waals surface area contributed by atoms with Crippen LogP contribution in [-0.4, -0.2) is 45.2 Å². The van der Waals surface area contributed by atoms with E-state index in [0.29, 0.717) is 10.8 Å². The first kappa shape index (κ1) is 17.2. The van der Waals surface area contributed by atoms with Crippen molar-refractivity contribution < 1.29 is 24.1 Å². The number of hydrogen-bond donors (Lipinski definition) is 3. The predicted octanol–water partition coefficient (Wildman–Crippen LogP) is -0.384. The Balaban J connectivity index is 2.49. The summed E-state index contributed by atoms with van der Waals surface area (Å²) in [6, 6.07) is 0. The van der Waals surface area contributed by atoms with Crippen LogP contribution in [0.5, 0.6) is 0 Å². The highest BCUT2D eigenvalue weighted by molar-refractivity contribution is 5.46. The van der Waals surface area contributed by atoms with E-state index in [1.54, 1.807) is 4.98 Å². The zero-order chi connectivity index (χ0) is 17.4. The molecule has 2 atom stereocenters. The molecule has 128 valence electrons. The molecule has 0 spiro atoms. The van der Waals surface area contributed by atoms with Crippen LogP contribution in [-0.2, 0) is 9.47 Å². The Kier molecular flexibility index (Phi) is 4.62. The minimum absolute atomic E-state index is 0.104. The first-order chi connectivity index (χ1) is 10.6. The van der Waals surface area contributed by atoms with E-state index < -0.39 is 35.9 Å². The van der Waals surface area contributed by atoms with Gasteiger partial charge < -0.3 is 19.7 Å². The summed E-state index contributed by atoms with van der Waals surface area (Å²) in [6.07, 6.45) is -1.73. The fourth-order valence-electron chi connectivity index (χ4n) is 1.91. The van der Waals surface area contributed by atoms with Gasteiger partial charge in [-0.3, -0.25) is 9.78 Å². The number of aliphatic hydroxyl groups excluding tert-OH is 2. The molecule has 0 saturated heterocycles. The summed E-state index contributed by atoms with van der Waals surface area (Å²) in [4.78, 5) is 24.8. The number of hydrogen-bond acceptors (Lipinski definition) is 6. The van der Waals surface area contributed by atoms with Gasteiger partial charge in [0.15, 0.2) is 18.0 Å². The molecule has 0 aromatic carbocycles. The topological polar surface area (TPSA) is 114 Å². The lowest BCUT2D eigenvalue weighted by molar-refractivity contribution is 0.000779. The number of nitrogens with one attached hydrogen (secondary N) is 1. The van der Waals surface area contributed by atoms with Crippen LogP contribution in [0.25, 0.3) is 5.88 Å². The second-order valence-corrected chi connectivity index (χ2v) is 6.41. The third-order valence-corrected chi connectivity index (χ3v) is 3.05. The molecule has 23 heavy (non-hydrogen) atoms. The molecule has 9 heteroatoms. The number of aliphatic hydroxyl groups is 2. The summed E-state index contributed by atoms with van der Waals surface area (Å²) in [5.74, 6) is -1.56. The SMILES string of the molecule is CC(C)(C)COC1=C(n2cc(F)c(=O)[nH]c2=O)OC(CO)C1O. The fourth-order valence-corrected chi connectivity index (χ4v) is 1.91. The summed E-state index contributed by atoms with van der Waals surface area (Å²) in [6.45, 7) is 5.33. The third kappa shape index (κ3) is 3.62. The van der Waals surface area contributed by atoms with E-state index in [1.165, 1.54) is 0 Å². The Morgan fingerprint density at radius 1 is 1.43 bits per heavy atom. The van der Waals surface area contributed by atoms with Gasteiger partial charge in [-0.1, -0.05) is 20.8 Å². The maximum absolute atomic E-state index is 13.5. The second kappa shape index (κ2) is 6.17. The van der Waals surface area contributed by atoms with E-state index in [1.807, 2.05) is 20.8 Å².